The fraction of sp³-hybridized carbons (Fsp3) is 0.958. The minimum atomic E-state index is -0.667. The Balaban J connectivity index is 1.53. The van der Waals surface area contributed by atoms with Gasteiger partial charge in [-0.2, -0.15) is 0 Å². The van der Waals surface area contributed by atoms with E-state index in [0.29, 0.717) is 29.6 Å². The zero-order valence-corrected chi connectivity index (χ0v) is 17.9. The van der Waals surface area contributed by atoms with E-state index in [9.17, 15) is 15.0 Å². The summed E-state index contributed by atoms with van der Waals surface area (Å²) in [7, 11) is 0. The predicted octanol–water partition coefficient (Wildman–Crippen LogP) is 4.48. The van der Waals surface area contributed by atoms with Gasteiger partial charge >= 0.3 is 5.97 Å². The van der Waals surface area contributed by atoms with Gasteiger partial charge in [0.15, 0.2) is 0 Å². The summed E-state index contributed by atoms with van der Waals surface area (Å²) < 4.78 is 0. The first-order chi connectivity index (χ1) is 13.2. The highest BCUT2D eigenvalue weighted by molar-refractivity contribution is 5.66. The van der Waals surface area contributed by atoms with E-state index in [4.69, 9.17) is 5.11 Å². The largest absolute Gasteiger partial charge is 0.481 e. The van der Waals surface area contributed by atoms with Gasteiger partial charge in [0.25, 0.3) is 0 Å². The Morgan fingerprint density at radius 3 is 2.29 bits per heavy atom. The van der Waals surface area contributed by atoms with Gasteiger partial charge in [-0.1, -0.05) is 20.8 Å². The van der Waals surface area contributed by atoms with Crippen molar-refractivity contribution in [1.29, 1.82) is 0 Å². The summed E-state index contributed by atoms with van der Waals surface area (Å²) in [6.45, 7) is 7.20. The molecule has 0 radical (unpaired) electrons. The average molecular weight is 393 g/mol. The fourth-order valence-electron chi connectivity index (χ4n) is 8.84. The Morgan fingerprint density at radius 2 is 1.57 bits per heavy atom. The summed E-state index contributed by atoms with van der Waals surface area (Å²) in [6, 6.07) is 0. The van der Waals surface area contributed by atoms with E-state index in [1.54, 1.807) is 0 Å². The van der Waals surface area contributed by atoms with Gasteiger partial charge in [0, 0.05) is 6.42 Å². The zero-order chi connectivity index (χ0) is 20.3. The smallest absolute Gasteiger partial charge is 0.303 e. The van der Waals surface area contributed by atoms with Gasteiger partial charge in [0.2, 0.25) is 0 Å². The molecule has 0 aliphatic heterocycles. The Hall–Kier alpha value is -0.610. The third-order valence-corrected chi connectivity index (χ3v) is 10.3. The van der Waals surface area contributed by atoms with Crippen LogP contribution in [0.1, 0.15) is 85.0 Å². The summed E-state index contributed by atoms with van der Waals surface area (Å²) in [4.78, 5) is 11.0. The van der Waals surface area contributed by atoms with Gasteiger partial charge < -0.3 is 15.3 Å². The van der Waals surface area contributed by atoms with E-state index in [-0.39, 0.29) is 11.3 Å². The number of carboxylic acid groups (broad SMARTS) is 1. The number of aliphatic hydroxyl groups is 2. The topological polar surface area (TPSA) is 77.8 Å². The number of aliphatic carboxylic acids is 1. The van der Waals surface area contributed by atoms with E-state index in [2.05, 4.69) is 20.8 Å². The van der Waals surface area contributed by atoms with Crippen LogP contribution in [0.4, 0.5) is 0 Å². The third-order valence-electron chi connectivity index (χ3n) is 10.3. The van der Waals surface area contributed by atoms with Crippen molar-refractivity contribution in [2.75, 3.05) is 0 Å². The van der Waals surface area contributed by atoms with Crippen LogP contribution in [0.3, 0.4) is 0 Å². The molecule has 4 nitrogen and oxygen atoms in total. The van der Waals surface area contributed by atoms with Gasteiger partial charge in [-0.05, 0) is 104 Å². The molecule has 0 unspecified atom stereocenters. The van der Waals surface area contributed by atoms with Crippen LogP contribution in [-0.2, 0) is 4.79 Å². The molecule has 10 atom stereocenters. The monoisotopic (exact) mass is 392 g/mol. The molecular formula is C24H40O4. The lowest BCUT2D eigenvalue weighted by Gasteiger charge is -2.62. The van der Waals surface area contributed by atoms with E-state index in [1.165, 1.54) is 32.1 Å². The molecule has 4 fully saturated rings. The lowest BCUT2D eigenvalue weighted by atomic mass is 9.44. The van der Waals surface area contributed by atoms with Crippen LogP contribution in [0.25, 0.3) is 0 Å². The average Bonchev–Trinajstić information content (AvgIpc) is 3.00. The normalized spacial score (nSPS) is 51.7. The van der Waals surface area contributed by atoms with Crippen LogP contribution in [0.15, 0.2) is 0 Å². The number of carbonyl (C=O) groups is 1. The molecule has 4 saturated carbocycles. The van der Waals surface area contributed by atoms with Crippen LogP contribution in [0.2, 0.25) is 0 Å². The van der Waals surface area contributed by atoms with Gasteiger partial charge in [0.05, 0.1) is 12.2 Å². The van der Waals surface area contributed by atoms with E-state index in [1.807, 2.05) is 0 Å². The maximum atomic E-state index is 11.0. The molecule has 4 heteroatoms. The lowest BCUT2D eigenvalue weighted by Crippen LogP contribution is -2.58. The molecular weight excluding hydrogens is 352 g/mol. The van der Waals surface area contributed by atoms with Gasteiger partial charge in [0.1, 0.15) is 0 Å². The summed E-state index contributed by atoms with van der Waals surface area (Å²) in [5, 5.41) is 30.0. The van der Waals surface area contributed by atoms with Crippen molar-refractivity contribution in [2.24, 2.45) is 46.3 Å². The highest BCUT2D eigenvalue weighted by atomic mass is 16.4. The SMILES string of the molecule is C[C@H](CCC(=O)O)[C@H]1CC[C@H]2[C@@H]3CC[C@H]4[C@@H](O)[C@@H](O)CC[C@]4(C)[C@H]3CC[C@]12C. The first-order valence-corrected chi connectivity index (χ1v) is 11.8. The summed E-state index contributed by atoms with van der Waals surface area (Å²) >= 11 is 0. The molecule has 160 valence electrons. The van der Waals surface area contributed by atoms with Crippen molar-refractivity contribution in [2.45, 2.75) is 97.2 Å². The standard InChI is InChI=1S/C24H40O4/c1-14(4-9-21(26)27)16-7-8-17-15-5-6-19-22(28)20(25)11-13-24(19,3)18(15)10-12-23(16,17)2/h14-20,22,25,28H,4-13H2,1-3H3,(H,26,27)/t14-,15+,16-,17+,18+,19+,20+,22-,23-,24-/m1/s1. The van der Waals surface area contributed by atoms with Crippen LogP contribution in [-0.4, -0.2) is 33.5 Å². The van der Waals surface area contributed by atoms with Crippen molar-refractivity contribution in [3.63, 3.8) is 0 Å². The van der Waals surface area contributed by atoms with E-state index >= 15 is 0 Å². The van der Waals surface area contributed by atoms with E-state index in [0.717, 1.165) is 37.5 Å². The van der Waals surface area contributed by atoms with Gasteiger partial charge in [-0.15, -0.1) is 0 Å². The van der Waals surface area contributed by atoms with Crippen LogP contribution < -0.4 is 0 Å². The van der Waals surface area contributed by atoms with Crippen LogP contribution in [0.5, 0.6) is 0 Å². The van der Waals surface area contributed by atoms with Crippen molar-refractivity contribution in [3.8, 4) is 0 Å². The number of hydrogen-bond donors (Lipinski definition) is 3. The molecule has 0 bridgehead atoms. The minimum Gasteiger partial charge on any atom is -0.481 e. The second-order valence-electron chi connectivity index (χ2n) is 11.3. The molecule has 28 heavy (non-hydrogen) atoms. The Labute approximate surface area is 170 Å². The number of rotatable bonds is 4. The highest BCUT2D eigenvalue weighted by Crippen LogP contribution is 2.68. The zero-order valence-electron chi connectivity index (χ0n) is 17.9. The number of aliphatic hydroxyl groups excluding tert-OH is 2. The Kier molecular flexibility index (Phi) is 5.36. The third kappa shape index (κ3) is 3.05. The Morgan fingerprint density at radius 1 is 0.929 bits per heavy atom. The first kappa shape index (κ1) is 20.7. The summed E-state index contributed by atoms with van der Waals surface area (Å²) in [5.41, 5.74) is 0.533. The number of hydrogen-bond acceptors (Lipinski definition) is 3. The van der Waals surface area contributed by atoms with Gasteiger partial charge in [-0.25, -0.2) is 0 Å². The molecule has 0 aromatic heterocycles. The fourth-order valence-corrected chi connectivity index (χ4v) is 8.84. The lowest BCUT2D eigenvalue weighted by molar-refractivity contribution is -0.174. The quantitative estimate of drug-likeness (QED) is 0.659. The molecule has 4 aliphatic carbocycles. The first-order valence-electron chi connectivity index (χ1n) is 11.8. The molecule has 0 aromatic rings. The van der Waals surface area contributed by atoms with Crippen molar-refractivity contribution < 1.29 is 20.1 Å². The Bertz CT molecular complexity index is 605. The highest BCUT2D eigenvalue weighted by Gasteiger charge is 2.61. The van der Waals surface area contributed by atoms with Crippen LogP contribution >= 0.6 is 0 Å². The second kappa shape index (κ2) is 7.27. The maximum absolute atomic E-state index is 11.0. The molecule has 4 rings (SSSR count). The molecule has 0 saturated heterocycles. The van der Waals surface area contributed by atoms with Crippen molar-refractivity contribution in [1.82, 2.24) is 0 Å². The molecule has 0 aromatic carbocycles. The molecule has 0 amide bonds. The van der Waals surface area contributed by atoms with Crippen molar-refractivity contribution >= 4 is 5.97 Å². The second-order valence-corrected chi connectivity index (χ2v) is 11.3. The van der Waals surface area contributed by atoms with Crippen molar-refractivity contribution in [3.05, 3.63) is 0 Å². The minimum absolute atomic E-state index is 0.176. The number of fused-ring (bicyclic) bond motifs is 5. The molecule has 3 N–H and O–H groups in total. The summed E-state index contributed by atoms with van der Waals surface area (Å²) in [6.07, 6.45) is 9.13. The molecule has 0 spiro atoms. The van der Waals surface area contributed by atoms with Crippen LogP contribution in [0, 0.1) is 46.3 Å². The van der Waals surface area contributed by atoms with E-state index < -0.39 is 18.2 Å². The number of carboxylic acids is 1. The predicted molar refractivity (Wildman–Crippen MR) is 109 cm³/mol. The molecule has 4 aliphatic rings. The molecule has 0 heterocycles. The van der Waals surface area contributed by atoms with Gasteiger partial charge in [-0.3, -0.25) is 4.79 Å². The summed E-state index contributed by atoms with van der Waals surface area (Å²) in [5.74, 6) is 2.92. The maximum Gasteiger partial charge on any atom is 0.303 e.